The van der Waals surface area contributed by atoms with E-state index in [1.165, 1.54) is 16.8 Å². The quantitative estimate of drug-likeness (QED) is 0.713. The van der Waals surface area contributed by atoms with Crippen LogP contribution in [0, 0.1) is 0 Å². The molecule has 0 saturated heterocycles. The summed E-state index contributed by atoms with van der Waals surface area (Å²) in [5.74, 6) is -0.126. The van der Waals surface area contributed by atoms with Crippen LogP contribution in [0.4, 0.5) is 0 Å². The third kappa shape index (κ3) is 2.36. The summed E-state index contributed by atoms with van der Waals surface area (Å²) in [6.07, 6.45) is 1.42. The van der Waals surface area contributed by atoms with Gasteiger partial charge in [-0.2, -0.15) is 0 Å². The van der Waals surface area contributed by atoms with E-state index in [9.17, 15) is 13.2 Å². The molecule has 0 aliphatic rings. The maximum atomic E-state index is 11.5. The first-order chi connectivity index (χ1) is 6.47. The number of nitrogens with zero attached hydrogens (tertiary/aromatic N) is 1. The summed E-state index contributed by atoms with van der Waals surface area (Å²) in [7, 11) is -1.84. The topological polar surface area (TPSA) is 56.1 Å². The van der Waals surface area contributed by atoms with Gasteiger partial charge in [-0.15, -0.1) is 11.6 Å². The average Bonchev–Trinajstić information content (AvgIpc) is 2.09. The normalized spacial score (nSPS) is 11.6. The van der Waals surface area contributed by atoms with Crippen LogP contribution in [0.1, 0.15) is 0 Å². The van der Waals surface area contributed by atoms with Gasteiger partial charge in [0, 0.05) is 25.2 Å². The van der Waals surface area contributed by atoms with Crippen LogP contribution in [0.3, 0.4) is 0 Å². The van der Waals surface area contributed by atoms with Crippen molar-refractivity contribution in [3.05, 3.63) is 28.7 Å². The summed E-state index contributed by atoms with van der Waals surface area (Å²) in [5.41, 5.74) is -0.347. The van der Waals surface area contributed by atoms with Crippen molar-refractivity contribution in [3.8, 4) is 0 Å². The number of aryl methyl sites for hydroxylation is 1. The van der Waals surface area contributed by atoms with Crippen molar-refractivity contribution in [2.75, 3.05) is 11.6 Å². The maximum absolute atomic E-state index is 11.5. The van der Waals surface area contributed by atoms with Gasteiger partial charge in [0.15, 0.2) is 9.84 Å². The second-order valence-electron chi connectivity index (χ2n) is 2.82. The predicted molar refractivity (Wildman–Crippen MR) is 54.5 cm³/mol. The highest BCUT2D eigenvalue weighted by atomic mass is 35.5. The van der Waals surface area contributed by atoms with E-state index >= 15 is 0 Å². The molecule has 1 aromatic rings. The molecule has 0 atom stereocenters. The lowest BCUT2D eigenvalue weighted by Crippen LogP contribution is -2.18. The number of rotatable bonds is 3. The number of sulfone groups is 1. The molecule has 1 rings (SSSR count). The smallest absolute Gasteiger partial charge is 0.251 e. The largest absolute Gasteiger partial charge is 0.319 e. The lowest BCUT2D eigenvalue weighted by molar-refractivity contribution is 0.597. The van der Waals surface area contributed by atoms with Gasteiger partial charge in [0.25, 0.3) is 5.56 Å². The lowest BCUT2D eigenvalue weighted by Gasteiger charge is -2.02. The van der Waals surface area contributed by atoms with Crippen LogP contribution in [0.25, 0.3) is 0 Å². The van der Waals surface area contributed by atoms with E-state index in [1.807, 2.05) is 0 Å². The summed E-state index contributed by atoms with van der Waals surface area (Å²) < 4.78 is 24.2. The van der Waals surface area contributed by atoms with Crippen molar-refractivity contribution in [2.24, 2.45) is 7.05 Å². The van der Waals surface area contributed by atoms with Crippen LogP contribution >= 0.6 is 11.6 Å². The molecule has 78 valence electrons. The molecule has 0 saturated carbocycles. The van der Waals surface area contributed by atoms with Crippen molar-refractivity contribution < 1.29 is 8.42 Å². The molecular weight excluding hydrogens is 226 g/mol. The fourth-order valence-corrected chi connectivity index (χ4v) is 2.54. The summed E-state index contributed by atoms with van der Waals surface area (Å²) in [6.45, 7) is 0. The number of alkyl halides is 1. The monoisotopic (exact) mass is 235 g/mol. The minimum atomic E-state index is -3.39. The van der Waals surface area contributed by atoms with Gasteiger partial charge in [0.1, 0.15) is 0 Å². The van der Waals surface area contributed by atoms with E-state index in [1.54, 1.807) is 7.05 Å². The SMILES string of the molecule is Cn1ccc(S(=O)(=O)CCCl)cc1=O. The predicted octanol–water partition coefficient (Wildman–Crippen LogP) is 0.398. The molecule has 14 heavy (non-hydrogen) atoms. The molecule has 0 N–H and O–H groups in total. The fourth-order valence-electron chi connectivity index (χ4n) is 0.943. The van der Waals surface area contributed by atoms with E-state index in [2.05, 4.69) is 0 Å². The molecular formula is C8H10ClNO3S. The Morgan fingerprint density at radius 3 is 2.64 bits per heavy atom. The van der Waals surface area contributed by atoms with E-state index in [4.69, 9.17) is 11.6 Å². The molecule has 4 nitrogen and oxygen atoms in total. The molecule has 0 fully saturated rings. The third-order valence-electron chi connectivity index (χ3n) is 1.78. The molecule has 0 unspecified atom stereocenters. The minimum Gasteiger partial charge on any atom is -0.319 e. The second-order valence-corrected chi connectivity index (χ2v) is 5.31. The highest BCUT2D eigenvalue weighted by Gasteiger charge is 2.13. The Balaban J connectivity index is 3.22. The van der Waals surface area contributed by atoms with Gasteiger partial charge in [-0.25, -0.2) is 8.42 Å². The Labute approximate surface area is 87.0 Å². The van der Waals surface area contributed by atoms with E-state index < -0.39 is 9.84 Å². The maximum Gasteiger partial charge on any atom is 0.251 e. The van der Waals surface area contributed by atoms with Crippen molar-refractivity contribution in [1.82, 2.24) is 4.57 Å². The second kappa shape index (κ2) is 4.14. The van der Waals surface area contributed by atoms with E-state index in [0.717, 1.165) is 6.07 Å². The van der Waals surface area contributed by atoms with Crippen LogP contribution in [-0.2, 0) is 16.9 Å². The van der Waals surface area contributed by atoms with Gasteiger partial charge in [-0.3, -0.25) is 4.79 Å². The van der Waals surface area contributed by atoms with Crippen molar-refractivity contribution in [3.63, 3.8) is 0 Å². The Morgan fingerprint density at radius 1 is 1.50 bits per heavy atom. The molecule has 0 amide bonds. The molecule has 0 spiro atoms. The first-order valence-electron chi connectivity index (χ1n) is 3.93. The molecule has 1 heterocycles. The van der Waals surface area contributed by atoms with Crippen molar-refractivity contribution in [1.29, 1.82) is 0 Å². The molecule has 0 bridgehead atoms. The Morgan fingerprint density at radius 2 is 2.14 bits per heavy atom. The van der Waals surface area contributed by atoms with Crippen LogP contribution in [-0.4, -0.2) is 24.6 Å². The highest BCUT2D eigenvalue weighted by molar-refractivity contribution is 7.91. The molecule has 0 aliphatic heterocycles. The molecule has 1 aromatic heterocycles. The molecule has 0 aromatic carbocycles. The van der Waals surface area contributed by atoms with Gasteiger partial charge in [0.05, 0.1) is 10.6 Å². The van der Waals surface area contributed by atoms with Crippen LogP contribution < -0.4 is 5.56 Å². The number of hydrogen-bond donors (Lipinski definition) is 0. The van der Waals surface area contributed by atoms with Crippen LogP contribution in [0.15, 0.2) is 28.0 Å². The van der Waals surface area contributed by atoms with Gasteiger partial charge in [-0.1, -0.05) is 0 Å². The van der Waals surface area contributed by atoms with Crippen molar-refractivity contribution in [2.45, 2.75) is 4.90 Å². The number of hydrogen-bond acceptors (Lipinski definition) is 3. The third-order valence-corrected chi connectivity index (χ3v) is 3.91. The number of pyridine rings is 1. The minimum absolute atomic E-state index is 0.0253. The number of halogens is 1. The van der Waals surface area contributed by atoms with E-state index in [-0.39, 0.29) is 22.1 Å². The Kier molecular flexibility index (Phi) is 3.34. The summed E-state index contributed by atoms with van der Waals surface area (Å²) >= 11 is 5.34. The summed E-state index contributed by atoms with van der Waals surface area (Å²) in [5, 5.41) is 0. The zero-order valence-electron chi connectivity index (χ0n) is 7.60. The molecule has 0 radical (unpaired) electrons. The highest BCUT2D eigenvalue weighted by Crippen LogP contribution is 2.07. The average molecular weight is 236 g/mol. The first kappa shape index (κ1) is 11.3. The lowest BCUT2D eigenvalue weighted by atomic mass is 10.5. The Bertz CT molecular complexity index is 478. The molecule has 0 aliphatic carbocycles. The van der Waals surface area contributed by atoms with E-state index in [0.29, 0.717) is 0 Å². The molecule has 6 heteroatoms. The zero-order valence-corrected chi connectivity index (χ0v) is 9.18. The standard InChI is InChI=1S/C8H10ClNO3S/c1-10-4-2-7(6-8(10)11)14(12,13)5-3-9/h2,4,6H,3,5H2,1H3. The number of aromatic nitrogens is 1. The van der Waals surface area contributed by atoms with Crippen LogP contribution in [0.5, 0.6) is 0 Å². The van der Waals surface area contributed by atoms with Crippen LogP contribution in [0.2, 0.25) is 0 Å². The first-order valence-corrected chi connectivity index (χ1v) is 6.11. The van der Waals surface area contributed by atoms with Gasteiger partial charge in [-0.05, 0) is 6.07 Å². The summed E-state index contributed by atoms with van der Waals surface area (Å²) in [4.78, 5) is 11.2. The Hall–Kier alpha value is -0.810. The summed E-state index contributed by atoms with van der Waals surface area (Å²) in [6, 6.07) is 2.49. The van der Waals surface area contributed by atoms with Gasteiger partial charge >= 0.3 is 0 Å². The zero-order chi connectivity index (χ0) is 10.8. The van der Waals surface area contributed by atoms with Gasteiger partial charge < -0.3 is 4.57 Å². The fraction of sp³-hybridized carbons (Fsp3) is 0.375. The van der Waals surface area contributed by atoms with Crippen molar-refractivity contribution >= 4 is 21.4 Å². The van der Waals surface area contributed by atoms with Gasteiger partial charge in [0.2, 0.25) is 0 Å².